The van der Waals surface area contributed by atoms with Crippen molar-refractivity contribution in [3.63, 3.8) is 0 Å². The second-order valence-electron chi connectivity index (χ2n) is 7.52. The van der Waals surface area contributed by atoms with Gasteiger partial charge in [0.1, 0.15) is 18.3 Å². The molecule has 1 aliphatic heterocycles. The SMILES string of the molecule is Nc1nc2c(ncn2[C@@H]2O[C@H](COP(=O)(O)Oc3c[nH]c4ccc(I)cc34)[C@@H](O)[C@H]2O)c(=O)[nH]1. The first kappa shape index (κ1) is 23.2. The number of aromatic amines is 2. The Kier molecular flexibility index (Phi) is 5.87. The van der Waals surface area contributed by atoms with Crippen LogP contribution in [0.2, 0.25) is 0 Å². The Hall–Kier alpha value is -2.53. The molecule has 5 rings (SSSR count). The summed E-state index contributed by atoms with van der Waals surface area (Å²) < 4.78 is 30.5. The average molecular weight is 604 g/mol. The first-order valence-electron chi connectivity index (χ1n) is 9.80. The standard InChI is InChI=1S/C18H18IN6O8P/c19-7-1-2-9-8(3-7)10(4-21-9)33-34(29,30)31-5-11-13(26)14(27)17(32-11)25-6-22-12-15(25)23-18(20)24-16(12)28/h1-4,6,11,13-14,17,21,26-27H,5H2,(H,29,30)(H3,20,23,24,28)/t11-,13-,14-,17-/m1/s1. The van der Waals surface area contributed by atoms with Gasteiger partial charge in [-0.2, -0.15) is 4.98 Å². The molecule has 0 aliphatic carbocycles. The van der Waals surface area contributed by atoms with Crippen LogP contribution in [0.3, 0.4) is 0 Å². The maximum absolute atomic E-state index is 12.5. The van der Waals surface area contributed by atoms with E-state index in [2.05, 4.69) is 42.5 Å². The highest BCUT2D eigenvalue weighted by Crippen LogP contribution is 2.47. The molecule has 0 bridgehead atoms. The summed E-state index contributed by atoms with van der Waals surface area (Å²) in [7, 11) is -4.62. The third-order valence-corrected chi connectivity index (χ3v) is 6.86. The van der Waals surface area contributed by atoms with Crippen LogP contribution in [0.4, 0.5) is 5.95 Å². The van der Waals surface area contributed by atoms with E-state index in [1.54, 1.807) is 12.1 Å². The van der Waals surface area contributed by atoms with Gasteiger partial charge >= 0.3 is 7.82 Å². The van der Waals surface area contributed by atoms with E-state index in [1.165, 1.54) is 17.1 Å². The lowest BCUT2D eigenvalue weighted by atomic mass is 10.1. The van der Waals surface area contributed by atoms with Crippen molar-refractivity contribution in [1.82, 2.24) is 24.5 Å². The van der Waals surface area contributed by atoms with Gasteiger partial charge in [-0.1, -0.05) is 0 Å². The summed E-state index contributed by atoms with van der Waals surface area (Å²) in [6.45, 7) is -0.578. The van der Waals surface area contributed by atoms with Crippen molar-refractivity contribution in [3.8, 4) is 5.75 Å². The minimum Gasteiger partial charge on any atom is -0.402 e. The molecule has 3 aromatic heterocycles. The van der Waals surface area contributed by atoms with Gasteiger partial charge in [0.05, 0.1) is 12.9 Å². The highest BCUT2D eigenvalue weighted by atomic mass is 127. The number of imidazole rings is 1. The van der Waals surface area contributed by atoms with Crippen molar-refractivity contribution < 1.29 is 33.5 Å². The van der Waals surface area contributed by atoms with Gasteiger partial charge in [-0.25, -0.2) is 9.55 Å². The molecule has 180 valence electrons. The van der Waals surface area contributed by atoms with Crippen LogP contribution in [0, 0.1) is 3.57 Å². The van der Waals surface area contributed by atoms with Gasteiger partial charge in [0.2, 0.25) is 5.95 Å². The van der Waals surface area contributed by atoms with E-state index in [9.17, 15) is 24.5 Å². The molecule has 0 spiro atoms. The maximum Gasteiger partial charge on any atom is 0.527 e. The summed E-state index contributed by atoms with van der Waals surface area (Å²) in [5.41, 5.74) is 5.69. The largest absolute Gasteiger partial charge is 0.527 e. The number of nitrogens with one attached hydrogen (secondary N) is 2. The molecular weight excluding hydrogens is 586 g/mol. The number of hydrogen-bond acceptors (Lipinski definition) is 10. The number of nitrogens with zero attached hydrogens (tertiary/aromatic N) is 3. The fourth-order valence-electron chi connectivity index (χ4n) is 3.69. The fourth-order valence-corrected chi connectivity index (χ4v) is 4.97. The number of H-pyrrole nitrogens is 2. The lowest BCUT2D eigenvalue weighted by Gasteiger charge is -2.17. The third-order valence-electron chi connectivity index (χ3n) is 5.28. The number of aromatic nitrogens is 5. The van der Waals surface area contributed by atoms with Crippen molar-refractivity contribution in [2.45, 2.75) is 24.5 Å². The summed E-state index contributed by atoms with van der Waals surface area (Å²) in [6.07, 6.45) is -2.76. The second kappa shape index (κ2) is 8.60. The van der Waals surface area contributed by atoms with Crippen LogP contribution in [0.15, 0.2) is 35.5 Å². The van der Waals surface area contributed by atoms with Crippen LogP contribution >= 0.6 is 30.4 Å². The monoisotopic (exact) mass is 604 g/mol. The number of anilines is 1. The normalized spacial score (nSPS) is 24.6. The summed E-state index contributed by atoms with van der Waals surface area (Å²) in [5, 5.41) is 21.5. The summed E-state index contributed by atoms with van der Waals surface area (Å²) in [5.74, 6) is -0.0542. The van der Waals surface area contributed by atoms with Crippen LogP contribution in [0.1, 0.15) is 6.23 Å². The molecular formula is C18H18IN6O8P. The number of fused-ring (bicyclic) bond motifs is 2. The van der Waals surface area contributed by atoms with Crippen molar-refractivity contribution in [2.75, 3.05) is 12.3 Å². The molecule has 16 heteroatoms. The van der Waals surface area contributed by atoms with Crippen LogP contribution in [0.5, 0.6) is 5.75 Å². The molecule has 1 saturated heterocycles. The number of benzene rings is 1. The molecule has 7 N–H and O–H groups in total. The summed E-state index contributed by atoms with van der Waals surface area (Å²) in [6, 6.07) is 5.43. The molecule has 1 fully saturated rings. The predicted octanol–water partition coefficient (Wildman–Crippen LogP) is 0.603. The van der Waals surface area contributed by atoms with Crippen LogP contribution < -0.4 is 15.8 Å². The van der Waals surface area contributed by atoms with Crippen molar-refractivity contribution in [2.24, 2.45) is 0 Å². The predicted molar refractivity (Wildman–Crippen MR) is 126 cm³/mol. The number of nitrogens with two attached hydrogens (primary N) is 1. The molecule has 0 saturated carbocycles. The van der Waals surface area contributed by atoms with Crippen LogP contribution in [-0.2, 0) is 13.8 Å². The van der Waals surface area contributed by atoms with E-state index in [4.69, 9.17) is 19.5 Å². The Labute approximate surface area is 203 Å². The Morgan fingerprint density at radius 2 is 2.12 bits per heavy atom. The highest BCUT2D eigenvalue weighted by molar-refractivity contribution is 14.1. The Morgan fingerprint density at radius 1 is 1.32 bits per heavy atom. The van der Waals surface area contributed by atoms with E-state index in [0.717, 1.165) is 3.57 Å². The molecule has 1 aliphatic rings. The van der Waals surface area contributed by atoms with E-state index >= 15 is 0 Å². The molecule has 0 amide bonds. The molecule has 14 nitrogen and oxygen atoms in total. The van der Waals surface area contributed by atoms with Gasteiger partial charge in [-0.3, -0.25) is 23.8 Å². The first-order valence-corrected chi connectivity index (χ1v) is 12.4. The van der Waals surface area contributed by atoms with Crippen LogP contribution in [0.25, 0.3) is 22.1 Å². The number of hydrogen-bond donors (Lipinski definition) is 6. The molecule has 0 radical (unpaired) electrons. The molecule has 4 heterocycles. The summed E-state index contributed by atoms with van der Waals surface area (Å²) >= 11 is 2.10. The van der Waals surface area contributed by atoms with Gasteiger partial charge in [0, 0.05) is 20.7 Å². The van der Waals surface area contributed by atoms with E-state index in [-0.39, 0.29) is 22.9 Å². The number of rotatable bonds is 6. The molecule has 34 heavy (non-hydrogen) atoms. The molecule has 1 unspecified atom stereocenters. The van der Waals surface area contributed by atoms with Crippen molar-refractivity contribution >= 4 is 58.4 Å². The number of phosphoric ester groups is 1. The smallest absolute Gasteiger partial charge is 0.402 e. The number of halogens is 1. The number of phosphoric acid groups is 1. The zero-order valence-corrected chi connectivity index (χ0v) is 20.1. The summed E-state index contributed by atoms with van der Waals surface area (Å²) in [4.78, 5) is 35.3. The first-order chi connectivity index (χ1) is 16.1. The zero-order chi connectivity index (χ0) is 24.2. The Balaban J connectivity index is 1.31. The van der Waals surface area contributed by atoms with Crippen molar-refractivity contribution in [3.05, 3.63) is 44.6 Å². The second-order valence-corrected chi connectivity index (χ2v) is 10.1. The zero-order valence-electron chi connectivity index (χ0n) is 17.0. The molecule has 1 aromatic carbocycles. The Morgan fingerprint density at radius 3 is 2.91 bits per heavy atom. The van der Waals surface area contributed by atoms with E-state index in [1.807, 2.05) is 6.07 Å². The molecule has 4 aromatic rings. The van der Waals surface area contributed by atoms with Gasteiger partial charge < -0.3 is 30.2 Å². The minimum absolute atomic E-state index is 0.0317. The average Bonchev–Trinajstić information content (AvgIpc) is 3.44. The number of nitrogen functional groups attached to an aromatic ring is 1. The van der Waals surface area contributed by atoms with E-state index < -0.39 is 44.5 Å². The lowest BCUT2D eigenvalue weighted by Crippen LogP contribution is -2.33. The Bertz CT molecular complexity index is 1490. The molecule has 5 atom stereocenters. The van der Waals surface area contributed by atoms with Gasteiger partial charge in [0.25, 0.3) is 5.56 Å². The quantitative estimate of drug-likeness (QED) is 0.133. The number of aliphatic hydroxyl groups is 2. The lowest BCUT2D eigenvalue weighted by molar-refractivity contribution is -0.0501. The van der Waals surface area contributed by atoms with Gasteiger partial charge in [0.15, 0.2) is 23.1 Å². The number of aliphatic hydroxyl groups excluding tert-OH is 2. The topological polar surface area (TPSA) is 211 Å². The third kappa shape index (κ3) is 4.19. The number of ether oxygens (including phenoxy) is 1. The minimum atomic E-state index is -4.62. The van der Waals surface area contributed by atoms with Gasteiger partial charge in [-0.15, -0.1) is 0 Å². The van der Waals surface area contributed by atoms with Gasteiger partial charge in [-0.05, 0) is 40.8 Å². The maximum atomic E-state index is 12.5. The fraction of sp³-hybridized carbons (Fsp3) is 0.278. The van der Waals surface area contributed by atoms with E-state index in [0.29, 0.717) is 10.9 Å². The van der Waals surface area contributed by atoms with Crippen LogP contribution in [-0.4, -0.2) is 64.5 Å². The van der Waals surface area contributed by atoms with Crippen molar-refractivity contribution in [1.29, 1.82) is 0 Å². The highest BCUT2D eigenvalue weighted by Gasteiger charge is 2.45.